The number of nitrogens with one attached hydrogen (secondary N) is 3. The molecular weight excluding hydrogens is 516 g/mol. The molecule has 0 bridgehead atoms. The van der Waals surface area contributed by atoms with Crippen molar-refractivity contribution in [3.63, 3.8) is 0 Å². The summed E-state index contributed by atoms with van der Waals surface area (Å²) in [5.41, 5.74) is 0.393. The van der Waals surface area contributed by atoms with Crippen molar-refractivity contribution < 1.29 is 33.9 Å². The summed E-state index contributed by atoms with van der Waals surface area (Å²) >= 11 is 2.62. The number of hydrogen-bond donors (Lipinski definition) is 4. The molecule has 2 aromatic rings. The minimum absolute atomic E-state index is 0.106. The Labute approximate surface area is 211 Å². The molecule has 0 aliphatic carbocycles. The molecule has 0 unspecified atom stereocenters. The van der Waals surface area contributed by atoms with Crippen molar-refractivity contribution in [1.82, 2.24) is 35.8 Å². The quantitative estimate of drug-likeness (QED) is 0.0929. The molecular formula is C19H20N8O7S2. The van der Waals surface area contributed by atoms with Gasteiger partial charge in [0.25, 0.3) is 11.8 Å². The molecule has 1 fully saturated rings. The van der Waals surface area contributed by atoms with Crippen LogP contribution in [0.5, 0.6) is 0 Å². The highest BCUT2D eigenvalue weighted by Gasteiger charge is 2.54. The lowest BCUT2D eigenvalue weighted by Gasteiger charge is -2.49. The van der Waals surface area contributed by atoms with E-state index in [9.17, 15) is 24.3 Å². The van der Waals surface area contributed by atoms with E-state index in [1.807, 2.05) is 0 Å². The minimum Gasteiger partial charge on any atom is -0.477 e. The topological polar surface area (TPSA) is 205 Å². The van der Waals surface area contributed by atoms with Crippen molar-refractivity contribution in [2.45, 2.75) is 23.4 Å². The fourth-order valence-corrected chi connectivity index (χ4v) is 5.65. The van der Waals surface area contributed by atoms with Crippen molar-refractivity contribution in [3.05, 3.63) is 35.4 Å². The summed E-state index contributed by atoms with van der Waals surface area (Å²) in [5.74, 6) is -2.59. The SMILES string of the molecule is CCOC(=O)CO/N=C(\C(=O)N[C@@H]1C(=O)N2C(C(=O)O)=C(CSc3cn[nH]n3)CS[C@H]12)c1ccn[nH]1. The molecule has 2 aliphatic heterocycles. The fraction of sp³-hybridized carbons (Fsp3) is 0.368. The van der Waals surface area contributed by atoms with E-state index in [4.69, 9.17) is 9.57 Å². The molecule has 2 aromatic heterocycles. The maximum Gasteiger partial charge on any atom is 0.352 e. The van der Waals surface area contributed by atoms with Gasteiger partial charge in [0.15, 0.2) is 5.71 Å². The lowest BCUT2D eigenvalue weighted by Crippen LogP contribution is -2.71. The first-order chi connectivity index (χ1) is 17.4. The van der Waals surface area contributed by atoms with Crippen molar-refractivity contribution in [2.24, 2.45) is 5.16 Å². The predicted octanol–water partition coefficient (Wildman–Crippen LogP) is -0.657. The molecule has 190 valence electrons. The van der Waals surface area contributed by atoms with Gasteiger partial charge in [-0.05, 0) is 18.6 Å². The van der Waals surface area contributed by atoms with Crippen molar-refractivity contribution in [1.29, 1.82) is 0 Å². The maximum absolute atomic E-state index is 13.0. The van der Waals surface area contributed by atoms with Crippen LogP contribution in [0.25, 0.3) is 0 Å². The van der Waals surface area contributed by atoms with Crippen LogP contribution in [-0.4, -0.2) is 101 Å². The average molecular weight is 537 g/mol. The summed E-state index contributed by atoms with van der Waals surface area (Å²) in [6.07, 6.45) is 2.90. The number of oxime groups is 1. The standard InChI is InChI=1S/C19H20N8O7S2/c1-2-33-12(28)6-34-25-13(10-3-4-20-23-10)16(29)22-14-17(30)27-15(19(31)32)9(8-36-18(14)27)7-35-11-5-21-26-24-11/h3-5,14,18H,2,6-8H2,1H3,(H,20,23)(H,22,29)(H,31,32)(H,21,24,26)/b25-13-/t14-,18-/m1/s1. The predicted molar refractivity (Wildman–Crippen MR) is 125 cm³/mol. The van der Waals surface area contributed by atoms with Crippen molar-refractivity contribution in [2.75, 3.05) is 24.7 Å². The number of nitrogens with zero attached hydrogens (tertiary/aromatic N) is 5. The molecule has 2 aliphatic rings. The van der Waals surface area contributed by atoms with Crippen LogP contribution < -0.4 is 5.32 Å². The van der Waals surface area contributed by atoms with Gasteiger partial charge in [0.05, 0.1) is 18.5 Å². The summed E-state index contributed by atoms with van der Waals surface area (Å²) in [4.78, 5) is 55.5. The third kappa shape index (κ3) is 5.35. The highest BCUT2D eigenvalue weighted by atomic mass is 32.2. The van der Waals surface area contributed by atoms with Crippen LogP contribution in [0, 0.1) is 0 Å². The van der Waals surface area contributed by atoms with E-state index in [-0.39, 0.29) is 23.7 Å². The number of thioether (sulfide) groups is 2. The zero-order valence-corrected chi connectivity index (χ0v) is 20.3. The van der Waals surface area contributed by atoms with E-state index in [0.717, 1.165) is 0 Å². The third-order valence-corrected chi connectivity index (χ3v) is 7.26. The third-order valence-electron chi connectivity index (χ3n) is 4.94. The summed E-state index contributed by atoms with van der Waals surface area (Å²) in [5, 5.41) is 32.5. The number of rotatable bonds is 11. The number of aliphatic carboxylic acids is 1. The summed E-state index contributed by atoms with van der Waals surface area (Å²) in [6.45, 7) is 1.28. The molecule has 4 heterocycles. The Morgan fingerprint density at radius 1 is 1.39 bits per heavy atom. The number of carboxylic acid groups (broad SMARTS) is 1. The van der Waals surface area contributed by atoms with Crippen LogP contribution in [0.1, 0.15) is 12.6 Å². The van der Waals surface area contributed by atoms with Crippen molar-refractivity contribution >= 4 is 53.0 Å². The maximum atomic E-state index is 13.0. The highest BCUT2D eigenvalue weighted by molar-refractivity contribution is 8.01. The first-order valence-corrected chi connectivity index (χ1v) is 12.5. The van der Waals surface area contributed by atoms with Gasteiger partial charge in [-0.1, -0.05) is 16.9 Å². The van der Waals surface area contributed by atoms with E-state index < -0.39 is 41.8 Å². The van der Waals surface area contributed by atoms with E-state index in [1.165, 1.54) is 46.9 Å². The molecule has 1 saturated heterocycles. The fourth-order valence-electron chi connectivity index (χ4n) is 3.38. The van der Waals surface area contributed by atoms with Gasteiger partial charge in [0, 0.05) is 17.7 Å². The first kappa shape index (κ1) is 25.2. The van der Waals surface area contributed by atoms with Gasteiger partial charge in [0.2, 0.25) is 6.61 Å². The van der Waals surface area contributed by atoms with Gasteiger partial charge in [0.1, 0.15) is 22.1 Å². The molecule has 0 spiro atoms. The number of aromatic amines is 2. The van der Waals surface area contributed by atoms with Gasteiger partial charge in [-0.15, -0.1) is 16.9 Å². The Morgan fingerprint density at radius 3 is 2.89 bits per heavy atom. The number of carbonyl (C=O) groups excluding carboxylic acids is 3. The first-order valence-electron chi connectivity index (χ1n) is 10.5. The molecule has 17 heteroatoms. The zero-order chi connectivity index (χ0) is 25.7. The molecule has 36 heavy (non-hydrogen) atoms. The smallest absolute Gasteiger partial charge is 0.352 e. The number of β-lactam (4-membered cyclic amide) rings is 1. The molecule has 0 saturated carbocycles. The second kappa shape index (κ2) is 11.3. The number of esters is 1. The van der Waals surface area contributed by atoms with Gasteiger partial charge >= 0.3 is 11.9 Å². The number of H-pyrrole nitrogens is 2. The largest absolute Gasteiger partial charge is 0.477 e. The molecule has 4 rings (SSSR count). The number of fused-ring (bicyclic) bond motifs is 1. The van der Waals surface area contributed by atoms with Crippen LogP contribution in [0.3, 0.4) is 0 Å². The average Bonchev–Trinajstić information content (AvgIpc) is 3.58. The summed E-state index contributed by atoms with van der Waals surface area (Å²) in [7, 11) is 0. The van der Waals surface area contributed by atoms with Gasteiger partial charge in [-0.3, -0.25) is 19.6 Å². The zero-order valence-electron chi connectivity index (χ0n) is 18.7. The Bertz CT molecular complexity index is 1200. The normalized spacial score (nSPS) is 19.4. The lowest BCUT2D eigenvalue weighted by molar-refractivity contribution is -0.150. The van der Waals surface area contributed by atoms with Crippen LogP contribution in [0.15, 0.2) is 39.9 Å². The molecule has 0 radical (unpaired) electrons. The van der Waals surface area contributed by atoms with Gasteiger partial charge in [-0.25, -0.2) is 9.59 Å². The van der Waals surface area contributed by atoms with Crippen LogP contribution in [0.2, 0.25) is 0 Å². The number of aromatic nitrogens is 5. The Balaban J connectivity index is 1.45. The Morgan fingerprint density at radius 2 is 2.22 bits per heavy atom. The minimum atomic E-state index is -1.23. The molecule has 4 N–H and O–H groups in total. The summed E-state index contributed by atoms with van der Waals surface area (Å²) in [6, 6.07) is 0.472. The van der Waals surface area contributed by atoms with Crippen molar-refractivity contribution in [3.8, 4) is 0 Å². The lowest BCUT2D eigenvalue weighted by atomic mass is 10.0. The van der Waals surface area contributed by atoms with Crippen LogP contribution >= 0.6 is 23.5 Å². The Hall–Kier alpha value is -3.86. The highest BCUT2D eigenvalue weighted by Crippen LogP contribution is 2.41. The number of carbonyl (C=O) groups is 4. The van der Waals surface area contributed by atoms with E-state index in [0.29, 0.717) is 22.1 Å². The number of ether oxygens (including phenoxy) is 1. The number of carboxylic acids is 1. The molecule has 15 nitrogen and oxygen atoms in total. The van der Waals surface area contributed by atoms with E-state index in [2.05, 4.69) is 36.1 Å². The Kier molecular flexibility index (Phi) is 7.89. The number of hydrogen-bond acceptors (Lipinski definition) is 12. The molecule has 2 atom stereocenters. The van der Waals surface area contributed by atoms with E-state index >= 15 is 0 Å². The molecule has 0 aromatic carbocycles. The monoisotopic (exact) mass is 536 g/mol. The van der Waals surface area contributed by atoms with Gasteiger partial charge in [-0.2, -0.15) is 15.4 Å². The van der Waals surface area contributed by atoms with Crippen LogP contribution in [0.4, 0.5) is 0 Å². The van der Waals surface area contributed by atoms with Gasteiger partial charge < -0.3 is 20.0 Å². The second-order valence-corrected chi connectivity index (χ2v) is 9.30. The number of amides is 2. The van der Waals surface area contributed by atoms with E-state index in [1.54, 1.807) is 6.92 Å². The van der Waals surface area contributed by atoms with Crippen LogP contribution in [-0.2, 0) is 28.8 Å². The summed E-state index contributed by atoms with van der Waals surface area (Å²) < 4.78 is 4.75. The molecule has 2 amide bonds. The second-order valence-electron chi connectivity index (χ2n) is 7.20.